The predicted octanol–water partition coefficient (Wildman–Crippen LogP) is 3.47. The van der Waals surface area contributed by atoms with E-state index in [1.165, 1.54) is 18.2 Å². The van der Waals surface area contributed by atoms with Gasteiger partial charge in [-0.25, -0.2) is 8.78 Å². The molecule has 1 aromatic rings. The molecule has 1 aromatic carbocycles. The van der Waals surface area contributed by atoms with Gasteiger partial charge < -0.3 is 0 Å². The van der Waals surface area contributed by atoms with E-state index in [0.29, 0.717) is 0 Å². The van der Waals surface area contributed by atoms with Crippen LogP contribution in [0.3, 0.4) is 0 Å². The summed E-state index contributed by atoms with van der Waals surface area (Å²) in [5.74, 6) is -0.982. The van der Waals surface area contributed by atoms with Crippen LogP contribution in [-0.2, 0) is 6.42 Å². The molecule has 0 aliphatic rings. The number of allylic oxidation sites excluding steroid dienone is 1. The average Bonchev–Trinajstić information content (AvgIpc) is 2.11. The van der Waals surface area contributed by atoms with Crippen LogP contribution in [0, 0.1) is 11.6 Å². The van der Waals surface area contributed by atoms with E-state index < -0.39 is 11.6 Å². The molecule has 0 amide bonds. The molecule has 0 saturated heterocycles. The van der Waals surface area contributed by atoms with Crippen molar-refractivity contribution >= 4 is 0 Å². The highest BCUT2D eigenvalue weighted by Gasteiger charge is 2.08. The van der Waals surface area contributed by atoms with E-state index in [2.05, 4.69) is 6.58 Å². The van der Waals surface area contributed by atoms with Crippen LogP contribution in [0.15, 0.2) is 30.4 Å². The Morgan fingerprint density at radius 1 is 1.31 bits per heavy atom. The zero-order valence-corrected chi connectivity index (χ0v) is 7.61. The first-order valence-corrected chi connectivity index (χ1v) is 4.24. The highest BCUT2D eigenvalue weighted by Crippen LogP contribution is 2.16. The zero-order valence-electron chi connectivity index (χ0n) is 7.61. The van der Waals surface area contributed by atoms with Crippen LogP contribution in [0.25, 0.3) is 0 Å². The van der Waals surface area contributed by atoms with Crippen molar-refractivity contribution in [2.24, 2.45) is 0 Å². The van der Waals surface area contributed by atoms with E-state index in [0.717, 1.165) is 12.0 Å². The van der Waals surface area contributed by atoms with Gasteiger partial charge in [0.25, 0.3) is 0 Å². The Kier molecular flexibility index (Phi) is 3.18. The van der Waals surface area contributed by atoms with Crippen molar-refractivity contribution in [3.63, 3.8) is 0 Å². The largest absolute Gasteiger partial charge is 0.207 e. The Bertz CT molecular complexity index is 296. The summed E-state index contributed by atoms with van der Waals surface area (Å²) in [4.78, 5) is 0. The Labute approximate surface area is 76.9 Å². The normalized spacial score (nSPS) is 10.1. The summed E-state index contributed by atoms with van der Waals surface area (Å²) in [5, 5.41) is 0. The molecular formula is C11H12F2. The molecule has 0 unspecified atom stereocenters. The van der Waals surface area contributed by atoms with Gasteiger partial charge in [-0.3, -0.25) is 0 Å². The monoisotopic (exact) mass is 182 g/mol. The van der Waals surface area contributed by atoms with Crippen molar-refractivity contribution in [2.45, 2.75) is 19.8 Å². The lowest BCUT2D eigenvalue weighted by atomic mass is 10.0. The third kappa shape index (κ3) is 2.38. The molecule has 0 fully saturated rings. The molecule has 1 rings (SSSR count). The summed E-state index contributed by atoms with van der Waals surface area (Å²) in [6.07, 6.45) is 1.03. The maximum atomic E-state index is 13.1. The minimum absolute atomic E-state index is 0.120. The second kappa shape index (κ2) is 4.17. The molecule has 0 aliphatic heterocycles. The van der Waals surface area contributed by atoms with E-state index >= 15 is 0 Å². The number of halogens is 2. The van der Waals surface area contributed by atoms with Crippen molar-refractivity contribution < 1.29 is 8.78 Å². The molecule has 0 aliphatic carbocycles. The minimum atomic E-state index is -0.491. The molecule has 0 radical (unpaired) electrons. The Balaban J connectivity index is 2.93. The first-order valence-electron chi connectivity index (χ1n) is 4.24. The minimum Gasteiger partial charge on any atom is -0.207 e. The topological polar surface area (TPSA) is 0 Å². The Morgan fingerprint density at radius 2 is 1.85 bits per heavy atom. The van der Waals surface area contributed by atoms with Crippen LogP contribution in [0.2, 0.25) is 0 Å². The van der Waals surface area contributed by atoms with E-state index in [1.807, 2.05) is 6.92 Å². The second-order valence-electron chi connectivity index (χ2n) is 2.98. The second-order valence-corrected chi connectivity index (χ2v) is 2.98. The third-order valence-electron chi connectivity index (χ3n) is 1.99. The van der Waals surface area contributed by atoms with Gasteiger partial charge in [0.15, 0.2) is 0 Å². The highest BCUT2D eigenvalue weighted by molar-refractivity contribution is 5.24. The molecule has 0 saturated carbocycles. The van der Waals surface area contributed by atoms with Crippen molar-refractivity contribution in [1.29, 1.82) is 0 Å². The fraction of sp³-hybridized carbons (Fsp3) is 0.273. The van der Waals surface area contributed by atoms with Crippen LogP contribution >= 0.6 is 0 Å². The molecule has 2 heteroatoms. The Morgan fingerprint density at radius 3 is 2.31 bits per heavy atom. The molecule has 0 nitrogen and oxygen atoms in total. The summed E-state index contributed by atoms with van der Waals surface area (Å²) in [6, 6.07) is 3.89. The van der Waals surface area contributed by atoms with Crippen molar-refractivity contribution in [1.82, 2.24) is 0 Å². The lowest BCUT2D eigenvalue weighted by Crippen LogP contribution is -1.96. The molecule has 70 valence electrons. The van der Waals surface area contributed by atoms with Gasteiger partial charge in [-0.1, -0.05) is 25.1 Å². The zero-order chi connectivity index (χ0) is 9.84. The number of benzene rings is 1. The van der Waals surface area contributed by atoms with Crippen LogP contribution in [0.5, 0.6) is 0 Å². The van der Waals surface area contributed by atoms with Gasteiger partial charge in [-0.05, 0) is 25.0 Å². The van der Waals surface area contributed by atoms with Gasteiger partial charge in [0.1, 0.15) is 11.6 Å². The molecule has 0 spiro atoms. The standard InChI is InChI=1S/C11H12F2/c1-3-8(2)7-9-10(12)5-4-6-11(9)13/h4-6H,2-3,7H2,1H3. The van der Waals surface area contributed by atoms with E-state index in [1.54, 1.807) is 0 Å². The van der Waals surface area contributed by atoms with E-state index in [4.69, 9.17) is 0 Å². The molecule has 0 aromatic heterocycles. The summed E-state index contributed by atoms with van der Waals surface area (Å²) < 4.78 is 26.1. The average molecular weight is 182 g/mol. The molecular weight excluding hydrogens is 170 g/mol. The molecule has 0 heterocycles. The summed E-state index contributed by atoms with van der Waals surface area (Å²) in [6.45, 7) is 5.64. The van der Waals surface area contributed by atoms with Crippen LogP contribution < -0.4 is 0 Å². The van der Waals surface area contributed by atoms with Crippen LogP contribution in [0.4, 0.5) is 8.78 Å². The van der Waals surface area contributed by atoms with Gasteiger partial charge in [-0.2, -0.15) is 0 Å². The van der Waals surface area contributed by atoms with Crippen molar-refractivity contribution in [3.8, 4) is 0 Å². The van der Waals surface area contributed by atoms with Gasteiger partial charge in [0, 0.05) is 5.56 Å². The lowest BCUT2D eigenvalue weighted by Gasteiger charge is -2.05. The van der Waals surface area contributed by atoms with Gasteiger partial charge in [-0.15, -0.1) is 0 Å². The van der Waals surface area contributed by atoms with Crippen molar-refractivity contribution in [3.05, 3.63) is 47.5 Å². The van der Waals surface area contributed by atoms with E-state index in [9.17, 15) is 8.78 Å². The number of hydrogen-bond acceptors (Lipinski definition) is 0. The molecule has 0 bridgehead atoms. The Hall–Kier alpha value is -1.18. The molecule has 0 atom stereocenters. The highest BCUT2D eigenvalue weighted by atomic mass is 19.1. The first-order chi connectivity index (χ1) is 6.15. The van der Waals surface area contributed by atoms with Crippen LogP contribution in [-0.4, -0.2) is 0 Å². The maximum absolute atomic E-state index is 13.1. The van der Waals surface area contributed by atoms with Gasteiger partial charge in [0.2, 0.25) is 0 Å². The fourth-order valence-electron chi connectivity index (χ4n) is 1.08. The predicted molar refractivity (Wildman–Crippen MR) is 49.5 cm³/mol. The lowest BCUT2D eigenvalue weighted by molar-refractivity contribution is 0.560. The van der Waals surface area contributed by atoms with Gasteiger partial charge >= 0.3 is 0 Å². The van der Waals surface area contributed by atoms with E-state index in [-0.39, 0.29) is 12.0 Å². The smallest absolute Gasteiger partial charge is 0.129 e. The summed E-state index contributed by atoms with van der Waals surface area (Å²) in [7, 11) is 0. The first kappa shape index (κ1) is 9.90. The van der Waals surface area contributed by atoms with Crippen LogP contribution in [0.1, 0.15) is 18.9 Å². The van der Waals surface area contributed by atoms with Gasteiger partial charge in [0.05, 0.1) is 0 Å². The number of rotatable bonds is 3. The summed E-state index contributed by atoms with van der Waals surface area (Å²) >= 11 is 0. The maximum Gasteiger partial charge on any atom is 0.129 e. The molecule has 0 N–H and O–H groups in total. The van der Waals surface area contributed by atoms with Crippen molar-refractivity contribution in [2.75, 3.05) is 0 Å². The summed E-state index contributed by atoms with van der Waals surface area (Å²) in [5.41, 5.74) is 0.957. The fourth-order valence-corrected chi connectivity index (χ4v) is 1.08. The SMILES string of the molecule is C=C(CC)Cc1c(F)cccc1F. The molecule has 13 heavy (non-hydrogen) atoms. The third-order valence-corrected chi connectivity index (χ3v) is 1.99. The quantitative estimate of drug-likeness (QED) is 0.628. The number of hydrogen-bond donors (Lipinski definition) is 0.